The predicted octanol–water partition coefficient (Wildman–Crippen LogP) is 0.971. The molecule has 1 aliphatic rings. The molecule has 1 N–H and O–H groups in total. The molecule has 2 heterocycles. The van der Waals surface area contributed by atoms with Crippen molar-refractivity contribution >= 4 is 11.9 Å². The molecule has 1 aromatic heterocycles. The molecule has 21 heavy (non-hydrogen) atoms. The van der Waals surface area contributed by atoms with E-state index in [0.29, 0.717) is 43.2 Å². The summed E-state index contributed by atoms with van der Waals surface area (Å²) < 4.78 is 5.10. The van der Waals surface area contributed by atoms with Gasteiger partial charge in [-0.05, 0) is 20.3 Å². The van der Waals surface area contributed by atoms with Crippen molar-refractivity contribution in [2.24, 2.45) is 0 Å². The molecule has 1 amide bonds. The monoisotopic (exact) mass is 295 g/mol. The lowest BCUT2D eigenvalue weighted by molar-refractivity contribution is -0.143. The van der Waals surface area contributed by atoms with Gasteiger partial charge in [0.15, 0.2) is 0 Å². The lowest BCUT2D eigenvalue weighted by Gasteiger charge is -2.27. The summed E-state index contributed by atoms with van der Waals surface area (Å²) in [6, 6.07) is -0.775. The quantitative estimate of drug-likeness (QED) is 0.894. The average molecular weight is 295 g/mol. The van der Waals surface area contributed by atoms with Crippen molar-refractivity contribution in [3.8, 4) is 0 Å². The van der Waals surface area contributed by atoms with Gasteiger partial charge in [-0.1, -0.05) is 5.16 Å². The Morgan fingerprint density at radius 3 is 2.48 bits per heavy atom. The number of carboxylic acid groups (broad SMARTS) is 1. The third-order valence-corrected chi connectivity index (χ3v) is 3.94. The number of nitrogens with zero attached hydrogens (tertiary/aromatic N) is 3. The topological polar surface area (TPSA) is 86.9 Å². The molecule has 1 aromatic rings. The van der Waals surface area contributed by atoms with Crippen molar-refractivity contribution in [2.75, 3.05) is 26.2 Å². The number of carboxylic acids is 1. The van der Waals surface area contributed by atoms with Crippen molar-refractivity contribution in [1.29, 1.82) is 0 Å². The SMILES string of the molecule is CC(=O)N1CCCN(C(C(=O)O)c2c(C)noc2C)CC1. The summed E-state index contributed by atoms with van der Waals surface area (Å²) in [5, 5.41) is 13.5. The van der Waals surface area contributed by atoms with Crippen LogP contribution in [0.1, 0.15) is 36.4 Å². The van der Waals surface area contributed by atoms with Crippen LogP contribution in [0.3, 0.4) is 0 Å². The number of hydrogen-bond donors (Lipinski definition) is 1. The molecule has 1 aliphatic heterocycles. The fraction of sp³-hybridized carbons (Fsp3) is 0.643. The van der Waals surface area contributed by atoms with Gasteiger partial charge in [0.05, 0.1) is 5.69 Å². The lowest BCUT2D eigenvalue weighted by atomic mass is 10.0. The van der Waals surface area contributed by atoms with E-state index in [4.69, 9.17) is 4.52 Å². The Hall–Kier alpha value is -1.89. The molecule has 2 rings (SSSR count). The van der Waals surface area contributed by atoms with Gasteiger partial charge in [-0.3, -0.25) is 14.5 Å². The Kier molecular flexibility index (Phi) is 4.62. The minimum absolute atomic E-state index is 0.0288. The Morgan fingerprint density at radius 2 is 1.95 bits per heavy atom. The molecule has 0 aliphatic carbocycles. The molecule has 0 saturated carbocycles. The van der Waals surface area contributed by atoms with E-state index in [1.165, 1.54) is 0 Å². The molecular weight excluding hydrogens is 274 g/mol. The molecule has 0 bridgehead atoms. The zero-order valence-electron chi connectivity index (χ0n) is 12.6. The standard InChI is InChI=1S/C14H21N3O4/c1-9-12(10(2)21-15-9)13(14(19)20)17-6-4-5-16(7-8-17)11(3)18/h13H,4-8H2,1-3H3,(H,19,20). The van der Waals surface area contributed by atoms with Crippen molar-refractivity contribution in [3.63, 3.8) is 0 Å². The summed E-state index contributed by atoms with van der Waals surface area (Å²) in [7, 11) is 0. The van der Waals surface area contributed by atoms with Gasteiger partial charge in [-0.25, -0.2) is 0 Å². The molecule has 1 saturated heterocycles. The van der Waals surface area contributed by atoms with E-state index in [0.717, 1.165) is 6.42 Å². The molecular formula is C14H21N3O4. The van der Waals surface area contributed by atoms with Crippen LogP contribution in [0, 0.1) is 13.8 Å². The van der Waals surface area contributed by atoms with E-state index in [1.807, 2.05) is 4.90 Å². The van der Waals surface area contributed by atoms with Crippen molar-refractivity contribution in [3.05, 3.63) is 17.0 Å². The van der Waals surface area contributed by atoms with E-state index in [2.05, 4.69) is 5.16 Å². The van der Waals surface area contributed by atoms with E-state index in [9.17, 15) is 14.7 Å². The Morgan fingerprint density at radius 1 is 1.24 bits per heavy atom. The first-order chi connectivity index (χ1) is 9.91. The van der Waals surface area contributed by atoms with Crippen LogP contribution < -0.4 is 0 Å². The van der Waals surface area contributed by atoms with Crippen molar-refractivity contribution < 1.29 is 19.2 Å². The van der Waals surface area contributed by atoms with Crippen LogP contribution in [0.5, 0.6) is 0 Å². The Balaban J connectivity index is 2.24. The lowest BCUT2D eigenvalue weighted by Crippen LogP contribution is -2.38. The first kappa shape index (κ1) is 15.5. The number of carbonyl (C=O) groups excluding carboxylic acids is 1. The second-order valence-electron chi connectivity index (χ2n) is 5.37. The van der Waals surface area contributed by atoms with Crippen LogP contribution in [0.4, 0.5) is 0 Å². The van der Waals surface area contributed by atoms with Crippen molar-refractivity contribution in [1.82, 2.24) is 15.0 Å². The summed E-state index contributed by atoms with van der Waals surface area (Å²) >= 11 is 0. The van der Waals surface area contributed by atoms with E-state index in [1.54, 1.807) is 25.7 Å². The van der Waals surface area contributed by atoms with Gasteiger partial charge in [0, 0.05) is 38.7 Å². The third-order valence-electron chi connectivity index (χ3n) is 3.94. The number of hydrogen-bond acceptors (Lipinski definition) is 5. The molecule has 0 spiro atoms. The maximum atomic E-state index is 11.7. The van der Waals surface area contributed by atoms with Crippen LogP contribution in [0.15, 0.2) is 4.52 Å². The number of rotatable bonds is 3. The maximum absolute atomic E-state index is 11.7. The summed E-state index contributed by atoms with van der Waals surface area (Å²) in [4.78, 5) is 26.8. The minimum atomic E-state index is -0.916. The molecule has 7 nitrogen and oxygen atoms in total. The van der Waals surface area contributed by atoms with Gasteiger partial charge in [-0.2, -0.15) is 0 Å². The highest BCUT2D eigenvalue weighted by molar-refractivity contribution is 5.76. The first-order valence-electron chi connectivity index (χ1n) is 7.07. The smallest absolute Gasteiger partial charge is 0.325 e. The van der Waals surface area contributed by atoms with Gasteiger partial charge in [0.25, 0.3) is 0 Å². The van der Waals surface area contributed by atoms with Gasteiger partial charge in [-0.15, -0.1) is 0 Å². The van der Waals surface area contributed by atoms with Gasteiger partial charge in [0.1, 0.15) is 11.8 Å². The summed E-state index contributed by atoms with van der Waals surface area (Å²) in [6.45, 7) is 7.39. The predicted molar refractivity (Wildman–Crippen MR) is 74.8 cm³/mol. The molecule has 1 atom stereocenters. The van der Waals surface area contributed by atoms with E-state index in [-0.39, 0.29) is 5.91 Å². The summed E-state index contributed by atoms with van der Waals surface area (Å²) in [5.74, 6) is -0.352. The van der Waals surface area contributed by atoms with Crippen LogP contribution >= 0.6 is 0 Å². The first-order valence-corrected chi connectivity index (χ1v) is 7.07. The molecule has 116 valence electrons. The Bertz CT molecular complexity index is 521. The maximum Gasteiger partial charge on any atom is 0.325 e. The highest BCUT2D eigenvalue weighted by Crippen LogP contribution is 2.28. The van der Waals surface area contributed by atoms with E-state index < -0.39 is 12.0 Å². The highest BCUT2D eigenvalue weighted by Gasteiger charge is 2.33. The molecule has 1 fully saturated rings. The van der Waals surface area contributed by atoms with Crippen LogP contribution in [-0.4, -0.2) is 58.1 Å². The second kappa shape index (κ2) is 6.26. The van der Waals surface area contributed by atoms with Crippen LogP contribution in [0.25, 0.3) is 0 Å². The number of aromatic nitrogens is 1. The van der Waals surface area contributed by atoms with Gasteiger partial charge >= 0.3 is 5.97 Å². The second-order valence-corrected chi connectivity index (χ2v) is 5.37. The molecule has 0 aromatic carbocycles. The minimum Gasteiger partial charge on any atom is -0.480 e. The van der Waals surface area contributed by atoms with Gasteiger partial charge in [0.2, 0.25) is 5.91 Å². The summed E-state index contributed by atoms with van der Waals surface area (Å²) in [5.41, 5.74) is 1.23. The number of aryl methyl sites for hydroxylation is 2. The molecule has 7 heteroatoms. The van der Waals surface area contributed by atoms with Crippen molar-refractivity contribution in [2.45, 2.75) is 33.2 Å². The third kappa shape index (κ3) is 3.24. The molecule has 0 radical (unpaired) electrons. The number of carbonyl (C=O) groups is 2. The zero-order chi connectivity index (χ0) is 15.6. The largest absolute Gasteiger partial charge is 0.480 e. The van der Waals surface area contributed by atoms with Gasteiger partial charge < -0.3 is 14.5 Å². The summed E-state index contributed by atoms with van der Waals surface area (Å²) in [6.07, 6.45) is 0.757. The van der Waals surface area contributed by atoms with Crippen LogP contribution in [-0.2, 0) is 9.59 Å². The fourth-order valence-corrected chi connectivity index (χ4v) is 2.85. The molecule has 1 unspecified atom stereocenters. The highest BCUT2D eigenvalue weighted by atomic mass is 16.5. The fourth-order valence-electron chi connectivity index (χ4n) is 2.85. The number of amides is 1. The van der Waals surface area contributed by atoms with E-state index >= 15 is 0 Å². The zero-order valence-corrected chi connectivity index (χ0v) is 12.6. The average Bonchev–Trinajstić information content (AvgIpc) is 2.65. The van der Waals surface area contributed by atoms with Crippen LogP contribution in [0.2, 0.25) is 0 Å². The Labute approximate surface area is 123 Å². The number of aliphatic carboxylic acids is 1. The normalized spacial score (nSPS) is 18.3.